The van der Waals surface area contributed by atoms with Gasteiger partial charge >= 0.3 is 0 Å². The summed E-state index contributed by atoms with van der Waals surface area (Å²) >= 11 is 0. The summed E-state index contributed by atoms with van der Waals surface area (Å²) in [6.07, 6.45) is 0.375. The third kappa shape index (κ3) is 5.53. The van der Waals surface area contributed by atoms with Crippen molar-refractivity contribution in [3.05, 3.63) is 0 Å². The molecule has 0 heterocycles. The number of hydrogen-bond donors (Lipinski definition) is 3. The zero-order chi connectivity index (χ0) is 7.98. The monoisotopic (exact) mass is 145 g/mol. The van der Waals surface area contributed by atoms with Crippen molar-refractivity contribution >= 4 is 5.91 Å². The molecule has 4 heteroatoms. The number of amides is 1. The van der Waals surface area contributed by atoms with Crippen molar-refractivity contribution in [1.29, 1.82) is 0 Å². The normalized spacial score (nSPS) is 12.7. The van der Waals surface area contributed by atoms with Gasteiger partial charge in [-0.05, 0) is 6.92 Å². The van der Waals surface area contributed by atoms with Crippen LogP contribution in [-0.4, -0.2) is 25.0 Å². The van der Waals surface area contributed by atoms with Crippen LogP contribution in [0.2, 0.25) is 0 Å². The summed E-state index contributed by atoms with van der Waals surface area (Å²) in [7, 11) is 0. The Morgan fingerprint density at radius 3 is 2.70 bits per heavy atom. The smallest absolute Gasteiger partial charge is 0.221 e. The van der Waals surface area contributed by atoms with Crippen molar-refractivity contribution in [3.8, 4) is 0 Å². The summed E-state index contributed by atoms with van der Waals surface area (Å²) < 4.78 is 0. The van der Waals surface area contributed by atoms with E-state index in [0.29, 0.717) is 19.5 Å². The first-order valence-electron chi connectivity index (χ1n) is 3.39. The minimum atomic E-state index is -0.0715. The quantitative estimate of drug-likeness (QED) is 0.464. The summed E-state index contributed by atoms with van der Waals surface area (Å²) in [6, 6.07) is -0.0715. The van der Waals surface area contributed by atoms with E-state index < -0.39 is 0 Å². The largest absolute Gasteiger partial charge is 0.355 e. The fourth-order valence-electron chi connectivity index (χ4n) is 0.576. The lowest BCUT2D eigenvalue weighted by atomic mass is 10.2. The van der Waals surface area contributed by atoms with Crippen molar-refractivity contribution < 1.29 is 4.79 Å². The van der Waals surface area contributed by atoms with E-state index in [4.69, 9.17) is 11.5 Å². The molecule has 4 nitrogen and oxygen atoms in total. The average molecular weight is 145 g/mol. The Hall–Kier alpha value is -0.610. The van der Waals surface area contributed by atoms with Crippen LogP contribution in [0.4, 0.5) is 0 Å². The van der Waals surface area contributed by atoms with Crippen LogP contribution in [0.15, 0.2) is 0 Å². The molecule has 0 aliphatic rings. The van der Waals surface area contributed by atoms with Gasteiger partial charge in [0.2, 0.25) is 5.91 Å². The second-order valence-electron chi connectivity index (χ2n) is 2.32. The third-order valence-corrected chi connectivity index (χ3v) is 0.974. The molecule has 0 rings (SSSR count). The van der Waals surface area contributed by atoms with Gasteiger partial charge in [-0.25, -0.2) is 0 Å². The molecular weight excluding hydrogens is 130 g/mol. The number of carbonyl (C=O) groups is 1. The third-order valence-electron chi connectivity index (χ3n) is 0.974. The summed E-state index contributed by atoms with van der Waals surface area (Å²) in [5, 5.41) is 2.62. The van der Waals surface area contributed by atoms with Crippen LogP contribution in [0.1, 0.15) is 13.3 Å². The zero-order valence-corrected chi connectivity index (χ0v) is 6.26. The van der Waals surface area contributed by atoms with Crippen LogP contribution >= 0.6 is 0 Å². The maximum Gasteiger partial charge on any atom is 0.221 e. The van der Waals surface area contributed by atoms with Crippen molar-refractivity contribution in [3.63, 3.8) is 0 Å². The maximum atomic E-state index is 10.8. The Kier molecular flexibility index (Phi) is 4.88. The van der Waals surface area contributed by atoms with Gasteiger partial charge in [-0.3, -0.25) is 4.79 Å². The molecule has 60 valence electrons. The van der Waals surface area contributed by atoms with Crippen LogP contribution < -0.4 is 16.8 Å². The predicted molar refractivity (Wildman–Crippen MR) is 40.3 cm³/mol. The lowest BCUT2D eigenvalue weighted by molar-refractivity contribution is -0.121. The fraction of sp³-hybridized carbons (Fsp3) is 0.833. The molecule has 0 aromatic carbocycles. The van der Waals surface area contributed by atoms with Gasteiger partial charge in [0.1, 0.15) is 0 Å². The van der Waals surface area contributed by atoms with Crippen molar-refractivity contribution in [2.45, 2.75) is 19.4 Å². The molecular formula is C6H15N3O. The second-order valence-corrected chi connectivity index (χ2v) is 2.32. The summed E-state index contributed by atoms with van der Waals surface area (Å²) in [5.74, 6) is -0.0274. The molecule has 1 unspecified atom stereocenters. The number of rotatable bonds is 4. The van der Waals surface area contributed by atoms with Gasteiger partial charge in [0.25, 0.3) is 0 Å². The second kappa shape index (κ2) is 5.20. The molecule has 1 amide bonds. The fourth-order valence-corrected chi connectivity index (χ4v) is 0.576. The Balaban J connectivity index is 3.26. The van der Waals surface area contributed by atoms with Crippen LogP contribution in [0.3, 0.4) is 0 Å². The van der Waals surface area contributed by atoms with E-state index in [1.165, 1.54) is 0 Å². The molecule has 1 atom stereocenters. The van der Waals surface area contributed by atoms with Crippen LogP contribution in [0.25, 0.3) is 0 Å². The molecule has 0 aromatic heterocycles. The summed E-state index contributed by atoms with van der Waals surface area (Å²) in [6.45, 7) is 2.80. The zero-order valence-electron chi connectivity index (χ0n) is 6.26. The maximum absolute atomic E-state index is 10.8. The Labute approximate surface area is 61.0 Å². The minimum absolute atomic E-state index is 0.0274. The van der Waals surface area contributed by atoms with E-state index in [9.17, 15) is 4.79 Å². The lowest BCUT2D eigenvalue weighted by Crippen LogP contribution is -2.33. The first-order valence-corrected chi connectivity index (χ1v) is 3.39. The topological polar surface area (TPSA) is 81.1 Å². The van der Waals surface area contributed by atoms with Gasteiger partial charge in [-0.1, -0.05) is 0 Å². The Bertz CT molecular complexity index is 103. The van der Waals surface area contributed by atoms with Crippen LogP contribution in [0, 0.1) is 0 Å². The number of nitrogens with one attached hydrogen (secondary N) is 1. The summed E-state index contributed by atoms with van der Waals surface area (Å²) in [4.78, 5) is 10.8. The van der Waals surface area contributed by atoms with Crippen LogP contribution in [-0.2, 0) is 4.79 Å². The average Bonchev–Trinajstić information content (AvgIpc) is 1.82. The Morgan fingerprint density at radius 2 is 2.30 bits per heavy atom. The van der Waals surface area contributed by atoms with E-state index in [-0.39, 0.29) is 11.9 Å². The minimum Gasteiger partial charge on any atom is -0.355 e. The number of hydrogen-bond acceptors (Lipinski definition) is 3. The van der Waals surface area contributed by atoms with Crippen molar-refractivity contribution in [2.75, 3.05) is 13.1 Å². The lowest BCUT2D eigenvalue weighted by Gasteiger charge is -2.04. The molecule has 0 saturated heterocycles. The standard InChI is InChI=1S/C6H15N3O/c1-5(8)4-6(10)9-3-2-7/h5H,2-4,7-8H2,1H3,(H,9,10). The molecule has 0 aliphatic carbocycles. The highest BCUT2D eigenvalue weighted by Crippen LogP contribution is 1.83. The van der Waals surface area contributed by atoms with Gasteiger partial charge in [-0.15, -0.1) is 0 Å². The van der Waals surface area contributed by atoms with Crippen molar-refractivity contribution in [2.24, 2.45) is 11.5 Å². The first kappa shape index (κ1) is 9.39. The van der Waals surface area contributed by atoms with Gasteiger partial charge in [0, 0.05) is 25.6 Å². The van der Waals surface area contributed by atoms with Crippen molar-refractivity contribution in [1.82, 2.24) is 5.32 Å². The predicted octanol–water partition coefficient (Wildman–Crippen LogP) is -1.20. The van der Waals surface area contributed by atoms with E-state index in [1.807, 2.05) is 0 Å². The molecule has 0 fully saturated rings. The molecule has 0 aromatic rings. The highest BCUT2D eigenvalue weighted by Gasteiger charge is 2.01. The highest BCUT2D eigenvalue weighted by atomic mass is 16.1. The molecule has 0 saturated carbocycles. The SMILES string of the molecule is CC(N)CC(=O)NCCN. The molecule has 0 aliphatic heterocycles. The summed E-state index contributed by atoms with van der Waals surface area (Å²) in [5.41, 5.74) is 10.5. The van der Waals surface area contributed by atoms with Gasteiger partial charge in [0.15, 0.2) is 0 Å². The Morgan fingerprint density at radius 1 is 1.70 bits per heavy atom. The molecule has 0 radical (unpaired) electrons. The van der Waals surface area contributed by atoms with E-state index >= 15 is 0 Å². The molecule has 5 N–H and O–H groups in total. The number of carbonyl (C=O) groups excluding carboxylic acids is 1. The van der Waals surface area contributed by atoms with Gasteiger partial charge in [-0.2, -0.15) is 0 Å². The van der Waals surface area contributed by atoms with E-state index in [0.717, 1.165) is 0 Å². The molecule has 10 heavy (non-hydrogen) atoms. The van der Waals surface area contributed by atoms with E-state index in [1.54, 1.807) is 6.92 Å². The van der Waals surface area contributed by atoms with E-state index in [2.05, 4.69) is 5.32 Å². The highest BCUT2D eigenvalue weighted by molar-refractivity contribution is 5.76. The molecule has 0 bridgehead atoms. The molecule has 0 spiro atoms. The van der Waals surface area contributed by atoms with Gasteiger partial charge in [0.05, 0.1) is 0 Å². The number of nitrogens with two attached hydrogens (primary N) is 2. The van der Waals surface area contributed by atoms with Gasteiger partial charge < -0.3 is 16.8 Å². The van der Waals surface area contributed by atoms with Crippen LogP contribution in [0.5, 0.6) is 0 Å². The first-order chi connectivity index (χ1) is 4.66.